The summed E-state index contributed by atoms with van der Waals surface area (Å²) in [6.07, 6.45) is 8.59. The third-order valence-electron chi connectivity index (χ3n) is 4.41. The highest BCUT2D eigenvalue weighted by Gasteiger charge is 2.26. The fourth-order valence-corrected chi connectivity index (χ4v) is 3.48. The highest BCUT2D eigenvalue weighted by Crippen LogP contribution is 2.42. The van der Waals surface area contributed by atoms with Gasteiger partial charge in [-0.15, -0.1) is 0 Å². The van der Waals surface area contributed by atoms with E-state index in [0.29, 0.717) is 5.92 Å². The molecule has 0 saturated carbocycles. The Morgan fingerprint density at radius 2 is 1.63 bits per heavy atom. The fraction of sp³-hybridized carbons (Fsp3) is 0.211. The molecule has 0 saturated heterocycles. The van der Waals surface area contributed by atoms with Gasteiger partial charge in [-0.25, -0.2) is 0 Å². The molecule has 0 nitrogen and oxygen atoms in total. The summed E-state index contributed by atoms with van der Waals surface area (Å²) in [5, 5.41) is 0. The molecule has 1 atom stereocenters. The zero-order chi connectivity index (χ0) is 12.7. The lowest BCUT2D eigenvalue weighted by molar-refractivity contribution is 0.614. The lowest BCUT2D eigenvalue weighted by atomic mass is 9.78. The molecule has 2 aliphatic rings. The van der Waals surface area contributed by atoms with E-state index in [4.69, 9.17) is 0 Å². The predicted octanol–water partition coefficient (Wildman–Crippen LogP) is 4.76. The summed E-state index contributed by atoms with van der Waals surface area (Å²) in [5.74, 6) is 0.595. The molecule has 4 rings (SSSR count). The normalized spacial score (nSPS) is 20.6. The van der Waals surface area contributed by atoms with E-state index in [-0.39, 0.29) is 0 Å². The molecule has 0 N–H and O–H groups in total. The zero-order valence-corrected chi connectivity index (χ0v) is 11.0. The smallest absolute Gasteiger partial charge is 0.0170 e. The van der Waals surface area contributed by atoms with Crippen molar-refractivity contribution in [3.63, 3.8) is 0 Å². The minimum Gasteiger partial charge on any atom is -0.0620 e. The first-order valence-electron chi connectivity index (χ1n) is 7.15. The molecule has 2 aliphatic carbocycles. The van der Waals surface area contributed by atoms with Gasteiger partial charge < -0.3 is 0 Å². The lowest BCUT2D eigenvalue weighted by Crippen LogP contribution is -2.11. The van der Waals surface area contributed by atoms with Crippen molar-refractivity contribution in [1.82, 2.24) is 0 Å². The van der Waals surface area contributed by atoms with Crippen molar-refractivity contribution in [3.05, 3.63) is 82.8 Å². The third kappa shape index (κ3) is 1.83. The van der Waals surface area contributed by atoms with Crippen molar-refractivity contribution in [2.75, 3.05) is 0 Å². The number of fused-ring (bicyclic) bond motifs is 2. The number of hydrogen-bond acceptors (Lipinski definition) is 0. The Morgan fingerprint density at radius 3 is 2.53 bits per heavy atom. The molecule has 0 spiro atoms. The first-order chi connectivity index (χ1) is 9.42. The van der Waals surface area contributed by atoms with Crippen molar-refractivity contribution in [3.8, 4) is 0 Å². The monoisotopic (exact) mass is 245 g/mol. The van der Waals surface area contributed by atoms with Crippen LogP contribution in [0.2, 0.25) is 0 Å². The SMILES string of the molecule is [CH]1C(C2CCCc3ccccc32)=Cc2ccccc21. The van der Waals surface area contributed by atoms with Crippen molar-refractivity contribution in [2.45, 2.75) is 25.2 Å². The highest BCUT2D eigenvalue weighted by atomic mass is 14.3. The van der Waals surface area contributed by atoms with Crippen LogP contribution < -0.4 is 0 Å². The van der Waals surface area contributed by atoms with Crippen LogP contribution in [0, 0.1) is 6.42 Å². The van der Waals surface area contributed by atoms with Gasteiger partial charge in [-0.1, -0.05) is 60.2 Å². The van der Waals surface area contributed by atoms with E-state index in [0.717, 1.165) is 0 Å². The molecule has 0 aliphatic heterocycles. The molecule has 0 heteroatoms. The van der Waals surface area contributed by atoms with Crippen LogP contribution in [-0.4, -0.2) is 0 Å². The Labute approximate surface area is 114 Å². The molecule has 0 bridgehead atoms. The summed E-state index contributed by atoms with van der Waals surface area (Å²) in [4.78, 5) is 0. The second kappa shape index (κ2) is 4.38. The molecule has 93 valence electrons. The summed E-state index contributed by atoms with van der Waals surface area (Å²) < 4.78 is 0. The van der Waals surface area contributed by atoms with Crippen LogP contribution in [0.15, 0.2) is 54.1 Å². The molecule has 0 amide bonds. The van der Waals surface area contributed by atoms with E-state index >= 15 is 0 Å². The van der Waals surface area contributed by atoms with Gasteiger partial charge in [0.2, 0.25) is 0 Å². The third-order valence-corrected chi connectivity index (χ3v) is 4.41. The first-order valence-corrected chi connectivity index (χ1v) is 7.15. The fourth-order valence-electron chi connectivity index (χ4n) is 3.48. The Balaban J connectivity index is 1.73. The van der Waals surface area contributed by atoms with E-state index in [1.54, 1.807) is 11.1 Å². The average molecular weight is 245 g/mol. The minimum absolute atomic E-state index is 0.595. The molecular weight excluding hydrogens is 228 g/mol. The topological polar surface area (TPSA) is 0 Å². The number of hydrogen-bond donors (Lipinski definition) is 0. The summed E-state index contributed by atoms with van der Waals surface area (Å²) in [7, 11) is 0. The van der Waals surface area contributed by atoms with Gasteiger partial charge >= 0.3 is 0 Å². The van der Waals surface area contributed by atoms with Crippen molar-refractivity contribution >= 4 is 6.08 Å². The van der Waals surface area contributed by atoms with Crippen LogP contribution >= 0.6 is 0 Å². The van der Waals surface area contributed by atoms with Gasteiger partial charge in [0.15, 0.2) is 0 Å². The number of benzene rings is 2. The standard InChI is InChI=1S/C19H17/c1-2-8-16-13-17(12-15(16)7-1)19-11-5-9-14-6-3-4-10-18(14)19/h1-4,6-8,10,12-13,19H,5,9,11H2. The van der Waals surface area contributed by atoms with Gasteiger partial charge in [0.05, 0.1) is 0 Å². The molecule has 1 radical (unpaired) electrons. The second-order valence-electron chi connectivity index (χ2n) is 5.56. The summed E-state index contributed by atoms with van der Waals surface area (Å²) in [6.45, 7) is 0. The zero-order valence-electron chi connectivity index (χ0n) is 11.0. The Kier molecular flexibility index (Phi) is 2.55. The Morgan fingerprint density at radius 1 is 0.842 bits per heavy atom. The first kappa shape index (κ1) is 11.0. The molecular formula is C19H17. The molecule has 1 unspecified atom stereocenters. The van der Waals surface area contributed by atoms with Crippen molar-refractivity contribution in [2.24, 2.45) is 0 Å². The Hall–Kier alpha value is -1.82. The van der Waals surface area contributed by atoms with Gasteiger partial charge in [0.1, 0.15) is 0 Å². The van der Waals surface area contributed by atoms with Gasteiger partial charge in [0, 0.05) is 12.3 Å². The summed E-state index contributed by atoms with van der Waals surface area (Å²) >= 11 is 0. The quantitative estimate of drug-likeness (QED) is 0.679. The molecule has 2 aromatic rings. The Bertz CT molecular complexity index is 649. The van der Waals surface area contributed by atoms with E-state index in [1.165, 1.54) is 36.0 Å². The van der Waals surface area contributed by atoms with Gasteiger partial charge in [-0.3, -0.25) is 0 Å². The minimum atomic E-state index is 0.595. The van der Waals surface area contributed by atoms with Crippen LogP contribution in [0.3, 0.4) is 0 Å². The van der Waals surface area contributed by atoms with Crippen LogP contribution in [0.4, 0.5) is 0 Å². The van der Waals surface area contributed by atoms with Crippen molar-refractivity contribution in [1.29, 1.82) is 0 Å². The molecule has 2 aromatic carbocycles. The van der Waals surface area contributed by atoms with Crippen molar-refractivity contribution < 1.29 is 0 Å². The largest absolute Gasteiger partial charge is 0.0620 e. The summed E-state index contributed by atoms with van der Waals surface area (Å²) in [6, 6.07) is 17.6. The average Bonchev–Trinajstić information content (AvgIpc) is 2.90. The van der Waals surface area contributed by atoms with Gasteiger partial charge in [-0.05, 0) is 41.5 Å². The lowest BCUT2D eigenvalue weighted by Gasteiger charge is -2.26. The van der Waals surface area contributed by atoms with E-state index < -0.39 is 0 Å². The molecule has 0 fully saturated rings. The maximum absolute atomic E-state index is 2.38. The van der Waals surface area contributed by atoms with Crippen LogP contribution in [0.5, 0.6) is 0 Å². The molecule has 0 aromatic heterocycles. The highest BCUT2D eigenvalue weighted by molar-refractivity contribution is 5.71. The van der Waals surface area contributed by atoms with E-state index in [2.05, 4.69) is 61.0 Å². The number of aryl methyl sites for hydroxylation is 1. The van der Waals surface area contributed by atoms with Crippen LogP contribution in [0.1, 0.15) is 41.0 Å². The maximum Gasteiger partial charge on any atom is 0.0170 e. The number of allylic oxidation sites excluding steroid dienone is 1. The second-order valence-corrected chi connectivity index (χ2v) is 5.56. The molecule has 19 heavy (non-hydrogen) atoms. The maximum atomic E-state index is 2.38. The number of rotatable bonds is 1. The summed E-state index contributed by atoms with van der Waals surface area (Å²) in [5.41, 5.74) is 7.34. The van der Waals surface area contributed by atoms with E-state index in [1.807, 2.05) is 0 Å². The predicted molar refractivity (Wildman–Crippen MR) is 79.9 cm³/mol. The van der Waals surface area contributed by atoms with Crippen LogP contribution in [0.25, 0.3) is 6.08 Å². The van der Waals surface area contributed by atoms with Crippen LogP contribution in [-0.2, 0) is 6.42 Å². The van der Waals surface area contributed by atoms with Gasteiger partial charge in [-0.2, -0.15) is 0 Å². The van der Waals surface area contributed by atoms with E-state index in [9.17, 15) is 0 Å². The van der Waals surface area contributed by atoms with Gasteiger partial charge in [0.25, 0.3) is 0 Å². The molecule has 0 heterocycles.